The Morgan fingerprint density at radius 2 is 2.17 bits per heavy atom. The first-order valence-electron chi connectivity index (χ1n) is 10.7. The van der Waals surface area contributed by atoms with E-state index in [4.69, 9.17) is 0 Å². The van der Waals surface area contributed by atoms with E-state index in [9.17, 15) is 0 Å². The summed E-state index contributed by atoms with van der Waals surface area (Å²) >= 11 is 0. The summed E-state index contributed by atoms with van der Waals surface area (Å²) in [6, 6.07) is 6.13. The van der Waals surface area contributed by atoms with Gasteiger partial charge in [-0.15, -0.1) is 10.2 Å². The Hall–Kier alpha value is -3.02. The van der Waals surface area contributed by atoms with E-state index in [2.05, 4.69) is 76.6 Å². The minimum Gasteiger partial charge on any atom is -0.337 e. The van der Waals surface area contributed by atoms with Crippen LogP contribution in [0.5, 0.6) is 0 Å². The first kappa shape index (κ1) is 20.3. The molecule has 2 unspecified atom stereocenters. The fourth-order valence-corrected chi connectivity index (χ4v) is 4.12. The minimum atomic E-state index is 0.407. The summed E-state index contributed by atoms with van der Waals surface area (Å²) in [5.74, 6) is 1.42. The molecule has 3 aromatic rings. The molecule has 30 heavy (non-hydrogen) atoms. The number of aryl methyl sites for hydroxylation is 1. The zero-order valence-electron chi connectivity index (χ0n) is 18.2. The fraction of sp³-hybridized carbons (Fsp3) is 0.417. The van der Waals surface area contributed by atoms with Crippen LogP contribution in [0.1, 0.15) is 52.0 Å². The molecule has 1 aliphatic rings. The quantitative estimate of drug-likeness (QED) is 0.304. The molecule has 0 fully saturated rings. The lowest BCUT2D eigenvalue weighted by Crippen LogP contribution is -2.18. The molecule has 0 bridgehead atoms. The second-order valence-corrected chi connectivity index (χ2v) is 8.61. The van der Waals surface area contributed by atoms with E-state index in [0.717, 1.165) is 41.3 Å². The molecule has 0 aliphatic heterocycles. The van der Waals surface area contributed by atoms with Gasteiger partial charge < -0.3 is 4.98 Å². The van der Waals surface area contributed by atoms with E-state index < -0.39 is 0 Å². The number of para-hydroxylation sites is 1. The van der Waals surface area contributed by atoms with Crippen molar-refractivity contribution in [2.45, 2.75) is 53.4 Å². The maximum Gasteiger partial charge on any atom is 0.265 e. The standard InChI is InChI=1S/C24H30N6/c1-15(2)7-5-9-18-11-12-19(17(4)13-18)14-25-29-24-27-23-22(28-30-24)20-10-6-8-16(3)21(20)26-23/h6-8,10-11,14,17,19H,5,9,12-13H2,1-4H3,(H2,26,27,29,30)/b25-14+. The summed E-state index contributed by atoms with van der Waals surface area (Å²) in [6.07, 6.45) is 11.2. The molecule has 2 atom stereocenters. The highest BCUT2D eigenvalue weighted by molar-refractivity contribution is 6.04. The minimum absolute atomic E-state index is 0.407. The molecule has 2 N–H and O–H groups in total. The van der Waals surface area contributed by atoms with Crippen molar-refractivity contribution < 1.29 is 0 Å². The van der Waals surface area contributed by atoms with Crippen molar-refractivity contribution in [3.63, 3.8) is 0 Å². The summed E-state index contributed by atoms with van der Waals surface area (Å²) in [4.78, 5) is 7.89. The molecule has 6 heteroatoms. The molecule has 0 radical (unpaired) electrons. The Morgan fingerprint density at radius 3 is 2.97 bits per heavy atom. The average Bonchev–Trinajstić information content (AvgIpc) is 3.09. The van der Waals surface area contributed by atoms with Crippen LogP contribution in [0.4, 0.5) is 5.95 Å². The van der Waals surface area contributed by atoms with Crippen molar-refractivity contribution in [2.75, 3.05) is 5.43 Å². The van der Waals surface area contributed by atoms with Gasteiger partial charge in [0.1, 0.15) is 5.52 Å². The maximum absolute atomic E-state index is 4.54. The molecular formula is C24H30N6. The molecule has 2 aromatic heterocycles. The monoisotopic (exact) mass is 402 g/mol. The molecule has 0 saturated carbocycles. The van der Waals surface area contributed by atoms with Gasteiger partial charge in [-0.05, 0) is 57.9 Å². The largest absolute Gasteiger partial charge is 0.337 e. The van der Waals surface area contributed by atoms with Gasteiger partial charge in [-0.1, -0.05) is 48.4 Å². The van der Waals surface area contributed by atoms with Gasteiger partial charge in [0, 0.05) is 17.5 Å². The average molecular weight is 403 g/mol. The van der Waals surface area contributed by atoms with Crippen LogP contribution in [-0.2, 0) is 0 Å². The van der Waals surface area contributed by atoms with E-state index in [1.165, 1.54) is 17.6 Å². The van der Waals surface area contributed by atoms with Gasteiger partial charge in [-0.3, -0.25) is 0 Å². The number of nitrogens with one attached hydrogen (secondary N) is 2. The normalized spacial score (nSPS) is 19.4. The number of aromatic nitrogens is 4. The van der Waals surface area contributed by atoms with Gasteiger partial charge >= 0.3 is 0 Å². The zero-order valence-corrected chi connectivity index (χ0v) is 18.2. The molecular weight excluding hydrogens is 372 g/mol. The Labute approximate surface area is 177 Å². The van der Waals surface area contributed by atoms with Crippen LogP contribution in [0.2, 0.25) is 0 Å². The van der Waals surface area contributed by atoms with Crippen LogP contribution >= 0.6 is 0 Å². The Kier molecular flexibility index (Phi) is 5.93. The molecule has 1 aliphatic carbocycles. The fourth-order valence-electron chi connectivity index (χ4n) is 4.12. The molecule has 2 heterocycles. The van der Waals surface area contributed by atoms with Crippen molar-refractivity contribution in [3.8, 4) is 0 Å². The van der Waals surface area contributed by atoms with Gasteiger partial charge in [0.05, 0.1) is 5.52 Å². The third-order valence-corrected chi connectivity index (χ3v) is 5.90. The van der Waals surface area contributed by atoms with Crippen LogP contribution in [0.25, 0.3) is 22.1 Å². The Bertz CT molecular complexity index is 1130. The van der Waals surface area contributed by atoms with Crippen molar-refractivity contribution in [3.05, 3.63) is 47.1 Å². The van der Waals surface area contributed by atoms with E-state index in [1.807, 2.05) is 18.3 Å². The second-order valence-electron chi connectivity index (χ2n) is 8.61. The third kappa shape index (κ3) is 4.42. The van der Waals surface area contributed by atoms with Gasteiger partial charge in [-0.25, -0.2) is 5.43 Å². The lowest BCUT2D eigenvalue weighted by molar-refractivity contribution is 0.431. The summed E-state index contributed by atoms with van der Waals surface area (Å²) < 4.78 is 0. The summed E-state index contributed by atoms with van der Waals surface area (Å²) in [5, 5.41) is 14.0. The predicted octanol–water partition coefficient (Wildman–Crippen LogP) is 5.93. The van der Waals surface area contributed by atoms with Gasteiger partial charge in [0.15, 0.2) is 5.65 Å². The van der Waals surface area contributed by atoms with Gasteiger partial charge in [0.25, 0.3) is 5.95 Å². The van der Waals surface area contributed by atoms with Crippen molar-refractivity contribution in [1.29, 1.82) is 0 Å². The second kappa shape index (κ2) is 8.78. The van der Waals surface area contributed by atoms with Gasteiger partial charge in [0.2, 0.25) is 0 Å². The molecule has 0 saturated heterocycles. The van der Waals surface area contributed by atoms with Crippen LogP contribution in [0.3, 0.4) is 0 Å². The van der Waals surface area contributed by atoms with Crippen molar-refractivity contribution >= 4 is 34.2 Å². The first-order chi connectivity index (χ1) is 14.5. The number of nitrogens with zero attached hydrogens (tertiary/aromatic N) is 4. The lowest BCUT2D eigenvalue weighted by Gasteiger charge is -2.25. The third-order valence-electron chi connectivity index (χ3n) is 5.90. The molecule has 0 spiro atoms. The maximum atomic E-state index is 4.54. The highest BCUT2D eigenvalue weighted by Crippen LogP contribution is 2.30. The number of aromatic amines is 1. The molecule has 0 amide bonds. The van der Waals surface area contributed by atoms with Crippen LogP contribution in [0, 0.1) is 18.8 Å². The smallest absolute Gasteiger partial charge is 0.265 e. The zero-order chi connectivity index (χ0) is 21.1. The number of allylic oxidation sites excluding steroid dienone is 4. The number of H-pyrrole nitrogens is 1. The number of hydrazone groups is 1. The van der Waals surface area contributed by atoms with Crippen LogP contribution in [-0.4, -0.2) is 26.4 Å². The Balaban J connectivity index is 1.40. The number of fused-ring (bicyclic) bond motifs is 3. The number of hydrogen-bond donors (Lipinski definition) is 2. The van der Waals surface area contributed by atoms with Crippen LogP contribution < -0.4 is 5.43 Å². The summed E-state index contributed by atoms with van der Waals surface area (Å²) in [7, 11) is 0. The molecule has 1 aromatic carbocycles. The first-order valence-corrected chi connectivity index (χ1v) is 10.7. The molecule has 156 valence electrons. The lowest BCUT2D eigenvalue weighted by atomic mass is 9.80. The number of anilines is 1. The topological polar surface area (TPSA) is 78.8 Å². The van der Waals surface area contributed by atoms with E-state index in [-0.39, 0.29) is 0 Å². The van der Waals surface area contributed by atoms with Crippen molar-refractivity contribution in [2.24, 2.45) is 16.9 Å². The van der Waals surface area contributed by atoms with E-state index in [1.54, 1.807) is 5.57 Å². The highest BCUT2D eigenvalue weighted by Gasteiger charge is 2.20. The van der Waals surface area contributed by atoms with Crippen LogP contribution in [0.15, 0.2) is 46.6 Å². The molecule has 6 nitrogen and oxygen atoms in total. The SMILES string of the molecule is CC(C)=CCCC1=CCC(/C=N/Nc2nnc3c(n2)[nH]c2c(C)cccc23)C(C)C1. The number of hydrogen-bond acceptors (Lipinski definition) is 5. The van der Waals surface area contributed by atoms with E-state index >= 15 is 0 Å². The Morgan fingerprint density at radius 1 is 1.30 bits per heavy atom. The number of benzene rings is 1. The molecule has 4 rings (SSSR count). The van der Waals surface area contributed by atoms with Crippen molar-refractivity contribution in [1.82, 2.24) is 20.2 Å². The summed E-state index contributed by atoms with van der Waals surface area (Å²) in [5.41, 5.74) is 9.66. The van der Waals surface area contributed by atoms with Gasteiger partial charge in [-0.2, -0.15) is 10.1 Å². The predicted molar refractivity (Wildman–Crippen MR) is 125 cm³/mol. The van der Waals surface area contributed by atoms with E-state index in [0.29, 0.717) is 17.8 Å². The number of rotatable bonds is 6. The highest BCUT2D eigenvalue weighted by atomic mass is 15.4. The summed E-state index contributed by atoms with van der Waals surface area (Å²) in [6.45, 7) is 8.70.